The van der Waals surface area contributed by atoms with E-state index in [1.165, 1.54) is 18.4 Å². The quantitative estimate of drug-likeness (QED) is 0.781. The van der Waals surface area contributed by atoms with Gasteiger partial charge in [0.05, 0.1) is 0 Å². The molecule has 2 rings (SSSR count). The van der Waals surface area contributed by atoms with Gasteiger partial charge >= 0.3 is 0 Å². The summed E-state index contributed by atoms with van der Waals surface area (Å²) < 4.78 is 5.14. The number of benzene rings is 1. The number of ether oxygens (including phenoxy) is 1. The van der Waals surface area contributed by atoms with Crippen LogP contribution in [0.25, 0.3) is 0 Å². The lowest BCUT2D eigenvalue weighted by Gasteiger charge is -2.23. The molecule has 2 nitrogen and oxygen atoms in total. The van der Waals surface area contributed by atoms with E-state index in [1.54, 1.807) is 7.11 Å². The molecule has 1 fully saturated rings. The molecule has 17 heavy (non-hydrogen) atoms. The summed E-state index contributed by atoms with van der Waals surface area (Å²) in [6.07, 6.45) is 3.81. The molecule has 0 amide bonds. The second-order valence-electron chi connectivity index (χ2n) is 5.07. The summed E-state index contributed by atoms with van der Waals surface area (Å²) in [5, 5.41) is 3.75. The van der Waals surface area contributed by atoms with E-state index in [0.29, 0.717) is 12.1 Å². The first-order valence-electron chi connectivity index (χ1n) is 6.61. The Kier molecular flexibility index (Phi) is 4.57. The molecule has 0 bridgehead atoms. The van der Waals surface area contributed by atoms with Gasteiger partial charge in [0.2, 0.25) is 0 Å². The minimum absolute atomic E-state index is 0.515. The van der Waals surface area contributed by atoms with E-state index in [-0.39, 0.29) is 0 Å². The third-order valence-electron chi connectivity index (χ3n) is 3.47. The summed E-state index contributed by atoms with van der Waals surface area (Å²) in [7, 11) is 1.77. The fourth-order valence-electron chi connectivity index (χ4n) is 2.28. The van der Waals surface area contributed by atoms with Crippen LogP contribution in [-0.2, 0) is 4.74 Å². The molecule has 2 atom stereocenters. The Morgan fingerprint density at radius 1 is 1.29 bits per heavy atom. The van der Waals surface area contributed by atoms with Crippen LogP contribution in [0.15, 0.2) is 30.3 Å². The van der Waals surface area contributed by atoms with Crippen molar-refractivity contribution in [2.75, 3.05) is 13.7 Å². The minimum atomic E-state index is 0.515. The van der Waals surface area contributed by atoms with Crippen molar-refractivity contribution in [1.29, 1.82) is 0 Å². The summed E-state index contributed by atoms with van der Waals surface area (Å²) in [4.78, 5) is 0. The van der Waals surface area contributed by atoms with Crippen LogP contribution in [0.1, 0.15) is 37.8 Å². The van der Waals surface area contributed by atoms with Crippen molar-refractivity contribution < 1.29 is 4.74 Å². The molecule has 94 valence electrons. The van der Waals surface area contributed by atoms with Crippen molar-refractivity contribution in [3.05, 3.63) is 35.9 Å². The van der Waals surface area contributed by atoms with Gasteiger partial charge in [-0.3, -0.25) is 0 Å². The zero-order chi connectivity index (χ0) is 12.1. The minimum Gasteiger partial charge on any atom is -0.385 e. The summed E-state index contributed by atoms with van der Waals surface area (Å²) in [6.45, 7) is 3.08. The maximum absolute atomic E-state index is 5.14. The van der Waals surface area contributed by atoms with E-state index in [2.05, 4.69) is 42.6 Å². The van der Waals surface area contributed by atoms with Gasteiger partial charge in [-0.25, -0.2) is 0 Å². The van der Waals surface area contributed by atoms with Gasteiger partial charge in [0.15, 0.2) is 0 Å². The average molecular weight is 233 g/mol. The topological polar surface area (TPSA) is 21.3 Å². The van der Waals surface area contributed by atoms with Gasteiger partial charge in [0, 0.05) is 25.8 Å². The Hall–Kier alpha value is -0.860. The van der Waals surface area contributed by atoms with Crippen molar-refractivity contribution in [3.8, 4) is 0 Å². The molecule has 0 aromatic heterocycles. The zero-order valence-electron chi connectivity index (χ0n) is 10.9. The summed E-state index contributed by atoms with van der Waals surface area (Å²) >= 11 is 0. The predicted octanol–water partition coefficient (Wildman–Crippen LogP) is 3.15. The van der Waals surface area contributed by atoms with E-state index in [0.717, 1.165) is 18.9 Å². The Bertz CT molecular complexity index is 321. The van der Waals surface area contributed by atoms with E-state index in [1.807, 2.05) is 0 Å². The molecule has 0 radical (unpaired) electrons. The predicted molar refractivity (Wildman–Crippen MR) is 71.0 cm³/mol. The zero-order valence-corrected chi connectivity index (χ0v) is 10.9. The molecule has 1 N–H and O–H groups in total. The monoisotopic (exact) mass is 233 g/mol. The fourth-order valence-corrected chi connectivity index (χ4v) is 2.28. The first kappa shape index (κ1) is 12.6. The summed E-state index contributed by atoms with van der Waals surface area (Å²) in [5.74, 6) is 0.836. The maximum atomic E-state index is 5.14. The molecule has 0 heterocycles. The van der Waals surface area contributed by atoms with Crippen LogP contribution in [-0.4, -0.2) is 19.8 Å². The highest BCUT2D eigenvalue weighted by molar-refractivity contribution is 5.21. The van der Waals surface area contributed by atoms with Gasteiger partial charge in [-0.15, -0.1) is 0 Å². The van der Waals surface area contributed by atoms with E-state index in [4.69, 9.17) is 4.74 Å². The lowest BCUT2D eigenvalue weighted by molar-refractivity contribution is 0.181. The van der Waals surface area contributed by atoms with Gasteiger partial charge in [-0.05, 0) is 37.7 Å². The first-order chi connectivity index (χ1) is 8.31. The number of methoxy groups -OCH3 is 1. The van der Waals surface area contributed by atoms with E-state index < -0.39 is 0 Å². The van der Waals surface area contributed by atoms with Crippen molar-refractivity contribution >= 4 is 0 Å². The Morgan fingerprint density at radius 2 is 2.00 bits per heavy atom. The highest BCUT2D eigenvalue weighted by Gasteiger charge is 2.32. The molecular weight excluding hydrogens is 210 g/mol. The summed E-state index contributed by atoms with van der Waals surface area (Å²) in [6, 6.07) is 11.9. The highest BCUT2D eigenvalue weighted by Crippen LogP contribution is 2.41. The van der Waals surface area contributed by atoms with Crippen LogP contribution in [0.4, 0.5) is 0 Å². The lowest BCUT2D eigenvalue weighted by Crippen LogP contribution is -2.32. The Labute approximate surface area is 104 Å². The summed E-state index contributed by atoms with van der Waals surface area (Å²) in [5.41, 5.74) is 1.43. The number of hydrogen-bond acceptors (Lipinski definition) is 2. The second kappa shape index (κ2) is 6.18. The van der Waals surface area contributed by atoms with Crippen LogP contribution >= 0.6 is 0 Å². The number of hydrogen-bond donors (Lipinski definition) is 1. The number of rotatable bonds is 7. The fraction of sp³-hybridized carbons (Fsp3) is 0.600. The normalized spacial score (nSPS) is 18.9. The van der Waals surface area contributed by atoms with E-state index in [9.17, 15) is 0 Å². The molecule has 1 aliphatic carbocycles. The second-order valence-corrected chi connectivity index (χ2v) is 5.07. The van der Waals surface area contributed by atoms with Gasteiger partial charge < -0.3 is 10.1 Å². The van der Waals surface area contributed by atoms with Crippen molar-refractivity contribution in [2.24, 2.45) is 5.92 Å². The van der Waals surface area contributed by atoms with Crippen LogP contribution in [0, 0.1) is 5.92 Å². The molecule has 1 saturated carbocycles. The van der Waals surface area contributed by atoms with Gasteiger partial charge in [0.1, 0.15) is 0 Å². The Balaban J connectivity index is 1.94. The molecule has 1 aliphatic rings. The maximum Gasteiger partial charge on any atom is 0.0476 e. The van der Waals surface area contributed by atoms with Gasteiger partial charge in [-0.1, -0.05) is 30.3 Å². The molecule has 1 aromatic rings. The van der Waals surface area contributed by atoms with Crippen molar-refractivity contribution in [2.45, 2.75) is 38.3 Å². The Morgan fingerprint density at radius 3 is 2.59 bits per heavy atom. The van der Waals surface area contributed by atoms with Gasteiger partial charge in [-0.2, -0.15) is 0 Å². The average Bonchev–Trinajstić information content (AvgIpc) is 3.19. The molecule has 0 spiro atoms. The van der Waals surface area contributed by atoms with Crippen molar-refractivity contribution in [1.82, 2.24) is 5.32 Å². The number of nitrogens with one attached hydrogen (secondary N) is 1. The third-order valence-corrected chi connectivity index (χ3v) is 3.47. The van der Waals surface area contributed by atoms with Gasteiger partial charge in [0.25, 0.3) is 0 Å². The van der Waals surface area contributed by atoms with Crippen molar-refractivity contribution in [3.63, 3.8) is 0 Å². The SMILES string of the molecule is COCCC(C)NC(c1ccccc1)C1CC1. The first-order valence-corrected chi connectivity index (χ1v) is 6.61. The molecule has 2 unspecified atom stereocenters. The lowest BCUT2D eigenvalue weighted by atomic mass is 10.0. The third kappa shape index (κ3) is 3.83. The standard InChI is InChI=1S/C15H23NO/c1-12(10-11-17-2)16-15(14-8-9-14)13-6-4-3-5-7-13/h3-7,12,14-16H,8-11H2,1-2H3. The highest BCUT2D eigenvalue weighted by atomic mass is 16.5. The molecule has 2 heteroatoms. The van der Waals surface area contributed by atoms with Crippen LogP contribution < -0.4 is 5.32 Å². The van der Waals surface area contributed by atoms with E-state index >= 15 is 0 Å². The smallest absolute Gasteiger partial charge is 0.0476 e. The molecule has 0 aliphatic heterocycles. The molecule has 1 aromatic carbocycles. The van der Waals surface area contributed by atoms with Crippen LogP contribution in [0.3, 0.4) is 0 Å². The van der Waals surface area contributed by atoms with Crippen LogP contribution in [0.5, 0.6) is 0 Å². The molecule has 0 saturated heterocycles. The molecular formula is C15H23NO. The largest absolute Gasteiger partial charge is 0.385 e. The van der Waals surface area contributed by atoms with Crippen LogP contribution in [0.2, 0.25) is 0 Å².